The van der Waals surface area contributed by atoms with Crippen LogP contribution in [0, 0.1) is 0 Å². The molecule has 0 aromatic carbocycles. The first kappa shape index (κ1) is 53.3. The van der Waals surface area contributed by atoms with Crippen LogP contribution in [0.4, 0.5) is 0 Å². The van der Waals surface area contributed by atoms with Gasteiger partial charge in [-0.25, -0.2) is 0 Å². The van der Waals surface area contributed by atoms with Gasteiger partial charge in [0.1, 0.15) is 0 Å². The van der Waals surface area contributed by atoms with Crippen LogP contribution >= 0.6 is 0 Å². The second kappa shape index (κ2) is 32.7. The van der Waals surface area contributed by atoms with Gasteiger partial charge in [0.25, 0.3) is 0 Å². The molecule has 0 fully saturated rings. The van der Waals surface area contributed by atoms with Gasteiger partial charge < -0.3 is 40.5 Å². The first-order valence-corrected chi connectivity index (χ1v) is 0. The van der Waals surface area contributed by atoms with Crippen LogP contribution in [0.1, 0.15) is 0 Å². The van der Waals surface area contributed by atoms with E-state index in [-0.39, 0.29) is 81.5 Å². The molecule has 0 aliphatic heterocycles. The van der Waals surface area contributed by atoms with Crippen LogP contribution in [0.2, 0.25) is 0 Å². The SMILES string of the molecule is [Cu+2].[S-2].[S-2].[S-2].[Sn+4]. The van der Waals surface area contributed by atoms with Gasteiger partial charge in [0.05, 0.1) is 0 Å². The monoisotopic (exact) mass is 279 g/mol. The van der Waals surface area contributed by atoms with Crippen LogP contribution in [-0.4, -0.2) is 23.9 Å². The molecule has 0 saturated carbocycles. The van der Waals surface area contributed by atoms with Gasteiger partial charge in [0.2, 0.25) is 0 Å². The van der Waals surface area contributed by atoms with Crippen molar-refractivity contribution < 1.29 is 17.1 Å². The third-order valence-corrected chi connectivity index (χ3v) is 0. The summed E-state index contributed by atoms with van der Waals surface area (Å²) in [6.07, 6.45) is 0. The fraction of sp³-hybridized carbons (Fsp3) is 0. The Morgan fingerprint density at radius 3 is 0.600 bits per heavy atom. The van der Waals surface area contributed by atoms with E-state index in [9.17, 15) is 0 Å². The van der Waals surface area contributed by atoms with Crippen LogP contribution in [0.5, 0.6) is 0 Å². The zero-order valence-corrected chi connectivity index (χ0v) is 8.27. The van der Waals surface area contributed by atoms with Crippen LogP contribution in [-0.2, 0) is 57.6 Å². The molecular formula is CuS3Sn. The molecule has 0 nitrogen and oxygen atoms in total. The second-order valence-electron chi connectivity index (χ2n) is 0. The maximum atomic E-state index is 0. The third-order valence-electron chi connectivity index (χ3n) is 0. The Labute approximate surface area is 80.6 Å². The van der Waals surface area contributed by atoms with Crippen molar-refractivity contribution in [1.29, 1.82) is 0 Å². The molecule has 0 spiro atoms. The van der Waals surface area contributed by atoms with Gasteiger partial charge in [0.15, 0.2) is 0 Å². The van der Waals surface area contributed by atoms with E-state index < -0.39 is 0 Å². The van der Waals surface area contributed by atoms with Crippen molar-refractivity contribution in [2.24, 2.45) is 0 Å². The minimum Gasteiger partial charge on any atom is -2.00 e. The first-order chi connectivity index (χ1) is 0. The molecule has 0 bridgehead atoms. The van der Waals surface area contributed by atoms with E-state index in [0.29, 0.717) is 0 Å². The molecule has 0 amide bonds. The Morgan fingerprint density at radius 2 is 0.600 bits per heavy atom. The molecule has 0 aliphatic rings. The van der Waals surface area contributed by atoms with Crippen molar-refractivity contribution in [1.82, 2.24) is 0 Å². The summed E-state index contributed by atoms with van der Waals surface area (Å²) in [5.74, 6) is 0. The first-order valence-electron chi connectivity index (χ1n) is 0. The summed E-state index contributed by atoms with van der Waals surface area (Å²) in [6.45, 7) is 0. The Kier molecular flexibility index (Phi) is 349. The minimum atomic E-state index is 0. The Hall–Kier alpha value is 2.37. The van der Waals surface area contributed by atoms with E-state index in [1.165, 1.54) is 0 Å². The van der Waals surface area contributed by atoms with Crippen molar-refractivity contribution >= 4 is 64.4 Å². The zero-order valence-electron chi connectivity index (χ0n) is 2.03. The third kappa shape index (κ3) is 21.7. The molecule has 0 rings (SSSR count). The predicted molar refractivity (Wildman–Crippen MR) is 27.8 cm³/mol. The van der Waals surface area contributed by atoms with Crippen molar-refractivity contribution in [2.75, 3.05) is 0 Å². The topological polar surface area (TPSA) is 0 Å². The smallest absolute Gasteiger partial charge is 2.00 e. The fourth-order valence-electron chi connectivity index (χ4n) is 0. The van der Waals surface area contributed by atoms with Gasteiger partial charge in [-0.05, 0) is 0 Å². The van der Waals surface area contributed by atoms with Crippen LogP contribution < -0.4 is 0 Å². The molecule has 5 heavy (non-hydrogen) atoms. The molecule has 0 aromatic heterocycles. The van der Waals surface area contributed by atoms with E-state index >= 15 is 0 Å². The van der Waals surface area contributed by atoms with Gasteiger partial charge in [-0.1, -0.05) is 0 Å². The van der Waals surface area contributed by atoms with Crippen molar-refractivity contribution in [3.63, 3.8) is 0 Å². The summed E-state index contributed by atoms with van der Waals surface area (Å²) in [6, 6.07) is 0. The average molecular weight is 278 g/mol. The summed E-state index contributed by atoms with van der Waals surface area (Å²) in [5, 5.41) is 0. The van der Waals surface area contributed by atoms with Crippen LogP contribution in [0.3, 0.4) is 0 Å². The van der Waals surface area contributed by atoms with Gasteiger partial charge in [-0.15, -0.1) is 0 Å². The minimum absolute atomic E-state index is 0. The zero-order chi connectivity index (χ0) is 0. The average Bonchev–Trinajstić information content (AvgIpc) is 0. The maximum absolute atomic E-state index is 0. The van der Waals surface area contributed by atoms with Gasteiger partial charge >= 0.3 is 41.0 Å². The molecule has 0 unspecified atom stereocenters. The molecule has 0 atom stereocenters. The fourth-order valence-corrected chi connectivity index (χ4v) is 0. The second-order valence-corrected chi connectivity index (χ2v) is 0. The molecule has 1 radical (unpaired) electrons. The van der Waals surface area contributed by atoms with Gasteiger partial charge in [-0.2, -0.15) is 0 Å². The van der Waals surface area contributed by atoms with E-state index in [0.717, 1.165) is 0 Å². The Morgan fingerprint density at radius 1 is 0.600 bits per heavy atom. The Balaban J connectivity index is 0. The largest absolute Gasteiger partial charge is 4.00 e. The molecule has 33 valence electrons. The maximum Gasteiger partial charge on any atom is 4.00 e. The van der Waals surface area contributed by atoms with E-state index in [2.05, 4.69) is 0 Å². The summed E-state index contributed by atoms with van der Waals surface area (Å²) in [4.78, 5) is 0. The molecule has 0 N–H and O–H groups in total. The van der Waals surface area contributed by atoms with Crippen LogP contribution in [0.25, 0.3) is 0 Å². The summed E-state index contributed by atoms with van der Waals surface area (Å²) in [7, 11) is 0. The normalized spacial score (nSPS) is 0. The molecular weight excluding hydrogens is 278 g/mol. The predicted octanol–water partition coefficient (Wildman–Crippen LogP) is -0.391. The molecule has 0 saturated heterocycles. The van der Waals surface area contributed by atoms with Gasteiger partial charge in [0, 0.05) is 0 Å². The summed E-state index contributed by atoms with van der Waals surface area (Å²) in [5.41, 5.74) is 0. The van der Waals surface area contributed by atoms with E-state index in [1.54, 1.807) is 0 Å². The molecule has 0 aliphatic carbocycles. The van der Waals surface area contributed by atoms with Crippen molar-refractivity contribution in [3.05, 3.63) is 0 Å². The summed E-state index contributed by atoms with van der Waals surface area (Å²) < 4.78 is 0. The summed E-state index contributed by atoms with van der Waals surface area (Å²) >= 11 is 0. The number of hydrogen-bond donors (Lipinski definition) is 0. The quantitative estimate of drug-likeness (QED) is 0.530. The number of hydrogen-bond acceptors (Lipinski definition) is 0. The number of rotatable bonds is 0. The van der Waals surface area contributed by atoms with Gasteiger partial charge in [-0.3, -0.25) is 0 Å². The van der Waals surface area contributed by atoms with E-state index in [1.807, 2.05) is 0 Å². The van der Waals surface area contributed by atoms with E-state index in [4.69, 9.17) is 0 Å². The molecule has 0 aromatic rings. The van der Waals surface area contributed by atoms with Crippen LogP contribution in [0.15, 0.2) is 0 Å². The molecule has 5 heteroatoms. The Bertz CT molecular complexity index is 6.85. The van der Waals surface area contributed by atoms with Crippen molar-refractivity contribution in [3.8, 4) is 0 Å². The van der Waals surface area contributed by atoms with Crippen molar-refractivity contribution in [2.45, 2.75) is 0 Å². The molecule has 0 heterocycles. The standard InChI is InChI=1S/Cu.3S.Sn/q+2;3*-2;+4.